The van der Waals surface area contributed by atoms with Crippen LogP contribution in [-0.4, -0.2) is 63.6 Å². The summed E-state index contributed by atoms with van der Waals surface area (Å²) in [6.45, 7) is 11.9. The Balaban J connectivity index is 3.25. The molecule has 0 aliphatic carbocycles. The van der Waals surface area contributed by atoms with Crippen LogP contribution in [0.1, 0.15) is 19.4 Å². The minimum atomic E-state index is -0.649. The molecule has 0 fully saturated rings. The van der Waals surface area contributed by atoms with Gasteiger partial charge in [0.05, 0.1) is 32.0 Å². The van der Waals surface area contributed by atoms with Gasteiger partial charge in [-0.2, -0.15) is 0 Å². The first-order chi connectivity index (χ1) is 15.8. The Kier molecular flexibility index (Phi) is 11.8. The van der Waals surface area contributed by atoms with E-state index >= 15 is 0 Å². The fourth-order valence-corrected chi connectivity index (χ4v) is 2.69. The summed E-state index contributed by atoms with van der Waals surface area (Å²) in [6.07, 6.45) is 0.756. The summed E-state index contributed by atoms with van der Waals surface area (Å²) < 4.78 is 20.2. The second-order valence-electron chi connectivity index (χ2n) is 6.42. The van der Waals surface area contributed by atoms with E-state index in [0.29, 0.717) is 16.9 Å². The zero-order valence-corrected chi connectivity index (χ0v) is 19.2. The summed E-state index contributed by atoms with van der Waals surface area (Å²) in [7, 11) is 0. The molecule has 0 heterocycles. The molecule has 1 aromatic rings. The van der Waals surface area contributed by atoms with Crippen molar-refractivity contribution in [2.75, 3.05) is 49.3 Å². The molecular formula is C23H30N2O8. The number of aryl methyl sites for hydroxylation is 1. The number of hydrogen-bond donors (Lipinski definition) is 0. The highest BCUT2D eigenvalue weighted by Crippen LogP contribution is 2.28. The van der Waals surface area contributed by atoms with E-state index in [1.54, 1.807) is 39.0 Å². The molecule has 0 atom stereocenters. The highest BCUT2D eigenvalue weighted by Gasteiger charge is 2.23. The van der Waals surface area contributed by atoms with Gasteiger partial charge in [0.15, 0.2) is 0 Å². The maximum Gasteiger partial charge on any atom is 0.414 e. The molecule has 10 heteroatoms. The smallest absolute Gasteiger partial charge is 0.414 e. The molecule has 0 bridgehead atoms. The fourth-order valence-electron chi connectivity index (χ4n) is 2.69. The Morgan fingerprint density at radius 1 is 0.818 bits per heavy atom. The molecule has 180 valence electrons. The van der Waals surface area contributed by atoms with Crippen LogP contribution in [0.15, 0.2) is 43.5 Å². The number of carbonyl (C=O) groups is 4. The third-order valence-corrected chi connectivity index (χ3v) is 4.22. The van der Waals surface area contributed by atoms with Crippen LogP contribution >= 0.6 is 0 Å². The van der Waals surface area contributed by atoms with Gasteiger partial charge in [-0.25, -0.2) is 19.2 Å². The average molecular weight is 462 g/mol. The zero-order valence-electron chi connectivity index (χ0n) is 19.2. The summed E-state index contributed by atoms with van der Waals surface area (Å²) in [6, 6.07) is 4.99. The lowest BCUT2D eigenvalue weighted by molar-refractivity contribution is -0.138. The van der Waals surface area contributed by atoms with Gasteiger partial charge < -0.3 is 18.9 Å². The van der Waals surface area contributed by atoms with Gasteiger partial charge in [0.2, 0.25) is 0 Å². The third kappa shape index (κ3) is 8.68. The van der Waals surface area contributed by atoms with Gasteiger partial charge in [0.25, 0.3) is 0 Å². The molecular weight excluding hydrogens is 432 g/mol. The minimum Gasteiger partial charge on any atom is -0.461 e. The molecule has 0 spiro atoms. The van der Waals surface area contributed by atoms with Crippen molar-refractivity contribution >= 4 is 35.5 Å². The van der Waals surface area contributed by atoms with E-state index in [2.05, 4.69) is 13.2 Å². The number of carbonyl (C=O) groups excluding carboxylic acids is 4. The Morgan fingerprint density at radius 2 is 1.30 bits per heavy atom. The number of esters is 2. The highest BCUT2D eigenvalue weighted by atomic mass is 16.6. The average Bonchev–Trinajstić information content (AvgIpc) is 2.80. The summed E-state index contributed by atoms with van der Waals surface area (Å²) in [4.78, 5) is 50.5. The molecule has 1 rings (SSSR count). The fraction of sp³-hybridized carbons (Fsp3) is 0.391. The van der Waals surface area contributed by atoms with Crippen molar-refractivity contribution in [3.63, 3.8) is 0 Å². The van der Waals surface area contributed by atoms with Crippen molar-refractivity contribution in [1.29, 1.82) is 0 Å². The van der Waals surface area contributed by atoms with E-state index in [1.807, 2.05) is 0 Å². The van der Waals surface area contributed by atoms with Gasteiger partial charge in [0, 0.05) is 17.8 Å². The third-order valence-electron chi connectivity index (χ3n) is 4.22. The molecule has 1 aromatic carbocycles. The van der Waals surface area contributed by atoms with E-state index in [4.69, 9.17) is 18.9 Å². The predicted molar refractivity (Wildman–Crippen MR) is 122 cm³/mol. The molecule has 0 aliphatic heterocycles. The first kappa shape index (κ1) is 27.2. The number of hydrogen-bond acceptors (Lipinski definition) is 8. The van der Waals surface area contributed by atoms with Crippen molar-refractivity contribution in [3.05, 3.63) is 49.1 Å². The molecule has 10 nitrogen and oxygen atoms in total. The van der Waals surface area contributed by atoms with Crippen LogP contribution in [0.4, 0.5) is 21.0 Å². The standard InChI is InChI=1S/C23H30N2O8/c1-6-20(26)32-14-12-24(22(28)30-8-3)18-11-10-17(5)19(16-18)25(23(29)31-9-4)13-15-33-21(27)7-2/h6-7,10-11,16H,1-2,8-9,12-15H2,3-5H3. The molecule has 0 aromatic heterocycles. The van der Waals surface area contributed by atoms with Gasteiger partial charge >= 0.3 is 24.1 Å². The summed E-state index contributed by atoms with van der Waals surface area (Å²) in [5.74, 6) is -1.24. The maximum atomic E-state index is 12.6. The first-order valence-corrected chi connectivity index (χ1v) is 10.4. The second-order valence-corrected chi connectivity index (χ2v) is 6.42. The maximum absolute atomic E-state index is 12.6. The molecule has 2 amide bonds. The number of benzene rings is 1. The van der Waals surface area contributed by atoms with Crippen molar-refractivity contribution < 1.29 is 38.1 Å². The number of nitrogens with zero attached hydrogens (tertiary/aromatic N) is 2. The second kappa shape index (κ2) is 14.3. The number of anilines is 2. The Labute approximate surface area is 193 Å². The Hall–Kier alpha value is -3.82. The topological polar surface area (TPSA) is 112 Å². The lowest BCUT2D eigenvalue weighted by Gasteiger charge is -2.27. The summed E-state index contributed by atoms with van der Waals surface area (Å²) >= 11 is 0. The van der Waals surface area contributed by atoms with Crippen LogP contribution in [0.25, 0.3) is 0 Å². The van der Waals surface area contributed by atoms with Crippen LogP contribution in [-0.2, 0) is 28.5 Å². The predicted octanol–water partition coefficient (Wildman–Crippen LogP) is 3.38. The number of ether oxygens (including phenoxy) is 4. The molecule has 0 N–H and O–H groups in total. The Bertz CT molecular complexity index is 868. The van der Waals surface area contributed by atoms with Crippen molar-refractivity contribution in [3.8, 4) is 0 Å². The van der Waals surface area contributed by atoms with Gasteiger partial charge in [-0.15, -0.1) is 0 Å². The van der Waals surface area contributed by atoms with Gasteiger partial charge in [-0.3, -0.25) is 9.80 Å². The number of rotatable bonds is 12. The molecule has 0 unspecified atom stereocenters. The van der Waals surface area contributed by atoms with Crippen LogP contribution in [0, 0.1) is 6.92 Å². The zero-order chi connectivity index (χ0) is 24.8. The van der Waals surface area contributed by atoms with Gasteiger partial charge in [0.1, 0.15) is 13.2 Å². The molecule has 33 heavy (non-hydrogen) atoms. The molecule has 0 saturated heterocycles. The SMILES string of the molecule is C=CC(=O)OCCN(C(=O)OCC)c1ccc(C)c(N(CCOC(=O)C=C)C(=O)OCC)c1. The van der Waals surface area contributed by atoms with Crippen LogP contribution < -0.4 is 9.80 Å². The lowest BCUT2D eigenvalue weighted by atomic mass is 10.1. The van der Waals surface area contributed by atoms with Crippen LogP contribution in [0.2, 0.25) is 0 Å². The Morgan fingerprint density at radius 3 is 1.79 bits per heavy atom. The minimum absolute atomic E-state index is 0.0112. The van der Waals surface area contributed by atoms with Gasteiger partial charge in [-0.05, 0) is 38.5 Å². The normalized spacial score (nSPS) is 9.91. The van der Waals surface area contributed by atoms with E-state index in [9.17, 15) is 19.2 Å². The van der Waals surface area contributed by atoms with E-state index in [0.717, 1.165) is 12.2 Å². The van der Waals surface area contributed by atoms with E-state index in [1.165, 1.54) is 9.80 Å². The van der Waals surface area contributed by atoms with Crippen molar-refractivity contribution in [1.82, 2.24) is 0 Å². The van der Waals surface area contributed by atoms with Crippen molar-refractivity contribution in [2.45, 2.75) is 20.8 Å². The molecule has 0 radical (unpaired) electrons. The number of amides is 2. The van der Waals surface area contributed by atoms with Gasteiger partial charge in [-0.1, -0.05) is 19.2 Å². The lowest BCUT2D eigenvalue weighted by Crippen LogP contribution is -2.37. The monoisotopic (exact) mass is 462 g/mol. The van der Waals surface area contributed by atoms with Crippen LogP contribution in [0.3, 0.4) is 0 Å². The van der Waals surface area contributed by atoms with Crippen LogP contribution in [0.5, 0.6) is 0 Å². The highest BCUT2D eigenvalue weighted by molar-refractivity contribution is 5.93. The molecule has 0 aliphatic rings. The van der Waals surface area contributed by atoms with Crippen molar-refractivity contribution in [2.24, 2.45) is 0 Å². The quantitative estimate of drug-likeness (QED) is 0.264. The first-order valence-electron chi connectivity index (χ1n) is 10.4. The largest absolute Gasteiger partial charge is 0.461 e. The summed E-state index contributed by atoms with van der Waals surface area (Å²) in [5, 5.41) is 0. The summed E-state index contributed by atoms with van der Waals surface area (Å²) in [5.41, 5.74) is 1.56. The molecule has 0 saturated carbocycles. The van der Waals surface area contributed by atoms with E-state index < -0.39 is 24.1 Å². The van der Waals surface area contributed by atoms with E-state index in [-0.39, 0.29) is 39.5 Å².